The number of nitrogens with zero attached hydrogens (tertiary/aromatic N) is 7. The normalized spacial score (nSPS) is 12.7. The Hall–Kier alpha value is -7.30. The molecule has 7 rings (SSSR count). The molecule has 30 nitrogen and oxygen atoms in total. The first-order valence-electron chi connectivity index (χ1n) is 21.6. The lowest BCUT2D eigenvalue weighted by Crippen LogP contribution is -2.21. The van der Waals surface area contributed by atoms with Crippen molar-refractivity contribution in [2.24, 2.45) is 20.5 Å². The van der Waals surface area contributed by atoms with Crippen molar-refractivity contribution in [2.45, 2.75) is 33.9 Å². The number of aromatic hydroxyl groups is 2. The van der Waals surface area contributed by atoms with Gasteiger partial charge in [-0.3, -0.25) is 27.2 Å². The number of anilines is 5. The Bertz CT molecular complexity index is 4340. The Kier molecular flexibility index (Phi) is 21.0. The van der Waals surface area contributed by atoms with Crippen molar-refractivity contribution in [1.29, 1.82) is 0 Å². The average Bonchev–Trinajstić information content (AvgIpc) is 3.51. The number of benzene rings is 6. The van der Waals surface area contributed by atoms with Gasteiger partial charge in [0.25, 0.3) is 30.4 Å². The van der Waals surface area contributed by atoms with Gasteiger partial charge in [-0.1, -0.05) is 7.43 Å². The van der Waals surface area contributed by atoms with E-state index in [-0.39, 0.29) is 81.4 Å². The van der Waals surface area contributed by atoms with Crippen LogP contribution in [-0.4, -0.2) is 120 Å². The van der Waals surface area contributed by atoms with Gasteiger partial charge < -0.3 is 26.2 Å². The zero-order valence-electron chi connectivity index (χ0n) is 40.6. The summed E-state index contributed by atoms with van der Waals surface area (Å²) in [7, 11) is -24.7. The van der Waals surface area contributed by atoms with E-state index in [1.165, 1.54) is 37.3 Å². The van der Waals surface area contributed by atoms with Crippen molar-refractivity contribution in [1.82, 2.24) is 15.0 Å². The minimum Gasteiger partial charge on any atom is -0.505 e. The summed E-state index contributed by atoms with van der Waals surface area (Å²) >= 11 is 9.68. The van der Waals surface area contributed by atoms with Crippen LogP contribution in [0.15, 0.2) is 138 Å². The molecule has 7 aromatic rings. The summed E-state index contributed by atoms with van der Waals surface area (Å²) in [4.78, 5) is 21.7. The predicted octanol–water partition coefficient (Wildman–Crippen LogP) is 8.46. The van der Waals surface area contributed by atoms with Crippen LogP contribution in [0.25, 0.3) is 21.5 Å². The van der Waals surface area contributed by atoms with Gasteiger partial charge in [0.2, 0.25) is 32.9 Å². The number of carbonyl (C=O) groups excluding carboxylic acids is 1. The van der Waals surface area contributed by atoms with E-state index >= 15 is 0 Å². The lowest BCUT2D eigenvalue weighted by atomic mass is 10.0. The minimum atomic E-state index is -5.17. The van der Waals surface area contributed by atoms with Crippen LogP contribution in [0, 0.1) is 6.92 Å². The fraction of sp³-hybridized carbons (Fsp3) is 0.136. The maximum absolute atomic E-state index is 12.6. The Labute approximate surface area is 478 Å². The van der Waals surface area contributed by atoms with E-state index in [1.807, 2.05) is 0 Å². The molecule has 38 heteroatoms. The summed E-state index contributed by atoms with van der Waals surface area (Å²) in [5.41, 5.74) is -2.02. The van der Waals surface area contributed by atoms with Crippen molar-refractivity contribution in [3.8, 4) is 11.5 Å². The highest BCUT2D eigenvalue weighted by atomic mass is 35.5. The molecule has 0 saturated carbocycles. The second-order valence-corrected chi connectivity index (χ2v) is 24.8. The summed E-state index contributed by atoms with van der Waals surface area (Å²) in [5, 5.41) is 45.4. The number of sulfone groups is 1. The summed E-state index contributed by atoms with van der Waals surface area (Å²) in [6, 6.07) is 15.0. The van der Waals surface area contributed by atoms with Gasteiger partial charge in [-0.05, 0) is 120 Å². The first-order valence-corrected chi connectivity index (χ1v) is 31.1. The maximum atomic E-state index is 12.6. The molecule has 9 N–H and O–H groups in total. The molecule has 0 fully saturated rings. The van der Waals surface area contributed by atoms with E-state index < -0.39 is 133 Å². The Morgan fingerprint density at radius 3 is 1.91 bits per heavy atom. The molecule has 1 aromatic heterocycles. The predicted molar refractivity (Wildman–Crippen MR) is 299 cm³/mol. The molecule has 82 heavy (non-hydrogen) atoms. The van der Waals surface area contributed by atoms with E-state index in [0.717, 1.165) is 54.6 Å². The molecular weight excluding hydrogens is 1250 g/mol. The van der Waals surface area contributed by atoms with Crippen LogP contribution in [0.4, 0.5) is 51.7 Å². The monoisotopic (exact) mass is 1290 g/mol. The third-order valence-electron chi connectivity index (χ3n) is 10.2. The number of fused-ring (bicyclic) bond motifs is 2. The molecule has 0 aliphatic carbocycles. The first-order chi connectivity index (χ1) is 37.8. The first kappa shape index (κ1) is 65.5. The number of azo groups is 2. The number of carbonyl (C=O) groups is 1. The van der Waals surface area contributed by atoms with E-state index in [0.29, 0.717) is 0 Å². The number of aromatic nitrogens is 3. The molecule has 0 radical (unpaired) electrons. The summed E-state index contributed by atoms with van der Waals surface area (Å²) < 4.78 is 181. The lowest BCUT2D eigenvalue weighted by molar-refractivity contribution is -0.113. The summed E-state index contributed by atoms with van der Waals surface area (Å²) in [6.07, 6.45) is 0. The topological polar surface area (TPSA) is 469 Å². The van der Waals surface area contributed by atoms with Crippen LogP contribution in [0.3, 0.4) is 0 Å². The zero-order chi connectivity index (χ0) is 60.0. The molecule has 1 atom stereocenters. The molecule has 0 saturated heterocycles. The number of rotatable bonds is 21. The van der Waals surface area contributed by atoms with Crippen molar-refractivity contribution < 1.29 is 87.9 Å². The van der Waals surface area contributed by atoms with Crippen LogP contribution in [0.5, 0.6) is 11.5 Å². The standard InChI is InChI=1S/C41H34Cl2N10O20S6.C2H4.CH4/c1-20-12-22-14-27(76(60,61)62)17-30(34(22)38(56)35(20)52-51-29-9-5-25(16-31(29)77(63,64)65)44-33(54)18-74(57)72-11-10-42)46-41-48-39(43)47-40(49-41)45-24-4-8-28-21(13-24)15-32(78(66,67)68)36(37(28)55)53-50-23-2-6-26(7-3-23)75(58,59)19-73-79(69,70)71;1-2;/h2-9,12-17,55-56H,10-11,18-19H2,1H3,(H,44,54)(H,60,61,62)(H,63,64,65)(H,66,67,68)(H,69,70,71)(H2,45,46,47,48,49);1-2H2;1H4. The Morgan fingerprint density at radius 1 is 0.683 bits per heavy atom. The van der Waals surface area contributed by atoms with E-state index in [1.54, 1.807) is 0 Å². The smallest absolute Gasteiger partial charge is 0.398 e. The van der Waals surface area contributed by atoms with Gasteiger partial charge in [0.05, 0.1) is 27.8 Å². The van der Waals surface area contributed by atoms with Crippen molar-refractivity contribution >= 4 is 164 Å². The Balaban J connectivity index is 0.00000406. The van der Waals surface area contributed by atoms with E-state index in [4.69, 9.17) is 31.9 Å². The molecule has 0 aliphatic heterocycles. The quantitative estimate of drug-likeness (QED) is 0.0141. The number of nitrogens with one attached hydrogen (secondary N) is 3. The van der Waals surface area contributed by atoms with E-state index in [9.17, 15) is 75.0 Å². The van der Waals surface area contributed by atoms with Crippen LogP contribution in [0.2, 0.25) is 5.28 Å². The van der Waals surface area contributed by atoms with Crippen LogP contribution < -0.4 is 16.0 Å². The zero-order valence-corrected chi connectivity index (χ0v) is 47.0. The number of phenols is 2. The second kappa shape index (κ2) is 26.3. The summed E-state index contributed by atoms with van der Waals surface area (Å²) in [5.74, 6) is -5.24. The fourth-order valence-electron chi connectivity index (χ4n) is 6.91. The van der Waals surface area contributed by atoms with Gasteiger partial charge in [-0.15, -0.1) is 40.1 Å². The van der Waals surface area contributed by atoms with Gasteiger partial charge in [-0.2, -0.15) is 53.7 Å². The molecule has 438 valence electrons. The molecule has 0 spiro atoms. The fourth-order valence-corrected chi connectivity index (χ4v) is 11.4. The van der Waals surface area contributed by atoms with Gasteiger partial charge in [0, 0.05) is 28.0 Å². The number of aryl methyl sites for hydroxylation is 1. The van der Waals surface area contributed by atoms with Gasteiger partial charge in [0.1, 0.15) is 32.6 Å². The lowest BCUT2D eigenvalue weighted by Gasteiger charge is -2.15. The van der Waals surface area contributed by atoms with Gasteiger partial charge >= 0.3 is 10.4 Å². The van der Waals surface area contributed by atoms with Gasteiger partial charge in [-0.25, -0.2) is 16.8 Å². The van der Waals surface area contributed by atoms with Crippen LogP contribution in [0.1, 0.15) is 13.0 Å². The third kappa shape index (κ3) is 16.7. The SMILES string of the molecule is C.C=C.Cc1cc2cc(S(=O)(=O)O)cc(Nc3nc(Cl)nc(Nc4ccc5c(O)c(N=Nc6ccc(S(=O)(=O)COS(=O)(=O)O)cc6)c(S(=O)(=O)O)cc5c4)n3)c2c(O)c1N=Nc1ccc(NC(=O)CS(=O)OCCCl)cc1S(=O)(=O)O. The molecule has 1 amide bonds. The molecule has 6 aromatic carbocycles. The molecule has 0 aliphatic rings. The molecular formula is C44H42Cl2N10O20S6. The van der Waals surface area contributed by atoms with Gasteiger partial charge in [0.15, 0.2) is 28.5 Å². The third-order valence-corrected chi connectivity index (χ3v) is 16.0. The number of amides is 1. The maximum Gasteiger partial charge on any atom is 0.398 e. The van der Waals surface area contributed by atoms with E-state index in [2.05, 4.69) is 68.7 Å². The highest BCUT2D eigenvalue weighted by Gasteiger charge is 2.25. The highest BCUT2D eigenvalue weighted by Crippen LogP contribution is 2.45. The second-order valence-electron chi connectivity index (χ2n) is 15.8. The molecule has 0 bridgehead atoms. The van der Waals surface area contributed by atoms with Crippen molar-refractivity contribution in [3.05, 3.63) is 109 Å². The molecule has 1 unspecified atom stereocenters. The van der Waals surface area contributed by atoms with Crippen LogP contribution >= 0.6 is 23.2 Å². The van der Waals surface area contributed by atoms with Crippen molar-refractivity contribution in [2.75, 3.05) is 40.1 Å². The summed E-state index contributed by atoms with van der Waals surface area (Å²) in [6.45, 7) is 7.28. The van der Waals surface area contributed by atoms with Crippen molar-refractivity contribution in [3.63, 3.8) is 0 Å². The number of halogens is 2. The number of hydrogen-bond donors (Lipinski definition) is 9. The van der Waals surface area contributed by atoms with Crippen LogP contribution in [-0.2, 0) is 74.8 Å². The highest BCUT2D eigenvalue weighted by molar-refractivity contribution is 7.92. The number of phenolic OH excluding ortho intramolecular Hbond substituents is 2. The largest absolute Gasteiger partial charge is 0.505 e. The number of hydrogen-bond acceptors (Lipinski definition) is 25. The minimum absolute atomic E-state index is 0. The number of alkyl halides is 1. The average molecular weight is 1290 g/mol. The Morgan fingerprint density at radius 2 is 1.30 bits per heavy atom. The molecule has 1 heterocycles.